The molecule has 1 atom stereocenters. The third kappa shape index (κ3) is 5.81. The molecule has 0 bridgehead atoms. The second-order valence-corrected chi connectivity index (χ2v) is 7.93. The van der Waals surface area contributed by atoms with Gasteiger partial charge in [0.25, 0.3) is 0 Å². The quantitative estimate of drug-likeness (QED) is 0.638. The monoisotopic (exact) mass is 369 g/mol. The predicted molar refractivity (Wildman–Crippen MR) is 115 cm³/mol. The van der Waals surface area contributed by atoms with Crippen molar-refractivity contribution in [3.63, 3.8) is 0 Å². The first kappa shape index (κ1) is 19.9. The lowest BCUT2D eigenvalue weighted by molar-refractivity contribution is 0.139. The Hall–Kier alpha value is -1.85. The van der Waals surface area contributed by atoms with Crippen molar-refractivity contribution in [1.29, 1.82) is 0 Å². The summed E-state index contributed by atoms with van der Waals surface area (Å²) in [5, 5.41) is 3.60. The van der Waals surface area contributed by atoms with E-state index in [-0.39, 0.29) is 0 Å². The first-order valence-electron chi connectivity index (χ1n) is 10.3. The number of hydrogen-bond acceptors (Lipinski definition) is 3. The molecule has 0 amide bonds. The third-order valence-electron chi connectivity index (χ3n) is 5.64. The Labute approximate surface area is 164 Å². The van der Waals surface area contributed by atoms with Gasteiger partial charge in [-0.2, -0.15) is 0 Å². The lowest BCUT2D eigenvalue weighted by atomic mass is 10.00. The van der Waals surface area contributed by atoms with Crippen LogP contribution in [0.3, 0.4) is 0 Å². The average Bonchev–Trinajstić information content (AvgIpc) is 2.71. The van der Waals surface area contributed by atoms with Gasteiger partial charge in [0.15, 0.2) is 5.96 Å². The molecule has 0 aromatic heterocycles. The van der Waals surface area contributed by atoms with E-state index in [0.717, 1.165) is 38.6 Å². The number of nitrogens with one attached hydrogen (secondary N) is 1. The van der Waals surface area contributed by atoms with Crippen molar-refractivity contribution in [3.05, 3.63) is 42.0 Å². The largest absolute Gasteiger partial charge is 0.356 e. The fraction of sp³-hybridized carbons (Fsp3) is 0.591. The van der Waals surface area contributed by atoms with Crippen LogP contribution in [0.5, 0.6) is 0 Å². The molecule has 2 aliphatic heterocycles. The molecule has 0 saturated carbocycles. The van der Waals surface area contributed by atoms with Gasteiger partial charge in [0.1, 0.15) is 0 Å². The highest BCUT2D eigenvalue weighted by Crippen LogP contribution is 2.21. The molecule has 1 saturated heterocycles. The molecule has 2 heterocycles. The third-order valence-corrected chi connectivity index (χ3v) is 5.64. The second kappa shape index (κ2) is 9.90. The van der Waals surface area contributed by atoms with Crippen LogP contribution in [0.4, 0.5) is 0 Å². The molecule has 27 heavy (non-hydrogen) atoms. The van der Waals surface area contributed by atoms with Crippen LogP contribution in [-0.4, -0.2) is 87.1 Å². The predicted octanol–water partition coefficient (Wildman–Crippen LogP) is 2.23. The molecule has 3 rings (SSSR count). The van der Waals surface area contributed by atoms with Gasteiger partial charge in [-0.05, 0) is 30.5 Å². The highest BCUT2D eigenvalue weighted by Gasteiger charge is 2.19. The standard InChI is InChI=1S/C22H35N5/c1-19(18-26-15-13-25(3)14-16-26)17-24-22(23-2)27-11-9-21(10-12-27)20-7-5-4-6-8-20/h4-9,19H,10-18H2,1-3H3,(H,23,24). The van der Waals surface area contributed by atoms with E-state index < -0.39 is 0 Å². The number of rotatable bonds is 5. The molecule has 5 heteroatoms. The maximum absolute atomic E-state index is 4.52. The zero-order chi connectivity index (χ0) is 19.1. The summed E-state index contributed by atoms with van der Waals surface area (Å²) in [4.78, 5) is 11.9. The molecule has 5 nitrogen and oxygen atoms in total. The topological polar surface area (TPSA) is 34.1 Å². The van der Waals surface area contributed by atoms with Crippen LogP contribution in [-0.2, 0) is 0 Å². The lowest BCUT2D eigenvalue weighted by Crippen LogP contribution is -2.48. The summed E-state index contributed by atoms with van der Waals surface area (Å²) < 4.78 is 0. The summed E-state index contributed by atoms with van der Waals surface area (Å²) in [5.74, 6) is 1.65. The van der Waals surface area contributed by atoms with Crippen molar-refractivity contribution < 1.29 is 0 Å². The highest BCUT2D eigenvalue weighted by molar-refractivity contribution is 5.81. The number of nitrogens with zero attached hydrogens (tertiary/aromatic N) is 4. The van der Waals surface area contributed by atoms with Crippen molar-refractivity contribution in [2.75, 3.05) is 66.5 Å². The van der Waals surface area contributed by atoms with Crippen LogP contribution in [0, 0.1) is 5.92 Å². The number of likely N-dealkylation sites (N-methyl/N-ethyl adjacent to an activating group) is 1. The number of aliphatic imine (C=N–C) groups is 1. The molecule has 0 spiro atoms. The molecule has 1 N–H and O–H groups in total. The van der Waals surface area contributed by atoms with Gasteiger partial charge in [0, 0.05) is 59.4 Å². The summed E-state index contributed by atoms with van der Waals surface area (Å²) in [6, 6.07) is 10.7. The maximum atomic E-state index is 4.52. The Balaban J connectivity index is 1.45. The van der Waals surface area contributed by atoms with Crippen LogP contribution in [0.15, 0.2) is 41.4 Å². The molecule has 0 radical (unpaired) electrons. The Bertz CT molecular complexity index is 631. The minimum absolute atomic E-state index is 0.616. The van der Waals surface area contributed by atoms with Gasteiger partial charge in [0.05, 0.1) is 0 Å². The van der Waals surface area contributed by atoms with Crippen molar-refractivity contribution >= 4 is 11.5 Å². The van der Waals surface area contributed by atoms with Crippen LogP contribution in [0.2, 0.25) is 0 Å². The molecule has 1 fully saturated rings. The van der Waals surface area contributed by atoms with E-state index in [4.69, 9.17) is 0 Å². The summed E-state index contributed by atoms with van der Waals surface area (Å²) in [5.41, 5.74) is 2.80. The molecule has 148 valence electrons. The van der Waals surface area contributed by atoms with E-state index >= 15 is 0 Å². The van der Waals surface area contributed by atoms with E-state index in [0.29, 0.717) is 5.92 Å². The smallest absolute Gasteiger partial charge is 0.193 e. The number of piperazine rings is 1. The van der Waals surface area contributed by atoms with Gasteiger partial charge >= 0.3 is 0 Å². The van der Waals surface area contributed by atoms with Crippen molar-refractivity contribution in [3.8, 4) is 0 Å². The van der Waals surface area contributed by atoms with E-state index in [9.17, 15) is 0 Å². The van der Waals surface area contributed by atoms with Gasteiger partial charge in [0.2, 0.25) is 0 Å². The van der Waals surface area contributed by atoms with Crippen LogP contribution < -0.4 is 5.32 Å². The fourth-order valence-corrected chi connectivity index (χ4v) is 3.91. The first-order valence-corrected chi connectivity index (χ1v) is 10.3. The van der Waals surface area contributed by atoms with Crippen molar-refractivity contribution in [2.24, 2.45) is 10.9 Å². The fourth-order valence-electron chi connectivity index (χ4n) is 3.91. The van der Waals surface area contributed by atoms with E-state index in [1.165, 1.54) is 37.3 Å². The normalized spacial score (nSPS) is 21.1. The molecular weight excluding hydrogens is 334 g/mol. The van der Waals surface area contributed by atoms with E-state index in [1.807, 2.05) is 7.05 Å². The van der Waals surface area contributed by atoms with Crippen molar-refractivity contribution in [1.82, 2.24) is 20.0 Å². The molecule has 1 unspecified atom stereocenters. The van der Waals surface area contributed by atoms with Gasteiger partial charge in [-0.15, -0.1) is 0 Å². The van der Waals surface area contributed by atoms with Crippen LogP contribution in [0.1, 0.15) is 18.9 Å². The molecule has 2 aliphatic rings. The maximum Gasteiger partial charge on any atom is 0.193 e. The number of benzene rings is 1. The Morgan fingerprint density at radius 1 is 1.11 bits per heavy atom. The van der Waals surface area contributed by atoms with E-state index in [1.54, 1.807) is 0 Å². The van der Waals surface area contributed by atoms with Gasteiger partial charge in [-0.25, -0.2) is 0 Å². The molecule has 0 aliphatic carbocycles. The number of guanidine groups is 1. The first-order chi connectivity index (χ1) is 13.2. The van der Waals surface area contributed by atoms with Gasteiger partial charge in [-0.3, -0.25) is 4.99 Å². The van der Waals surface area contributed by atoms with Crippen LogP contribution in [0.25, 0.3) is 5.57 Å². The summed E-state index contributed by atoms with van der Waals surface area (Å²) in [6.07, 6.45) is 3.42. The minimum Gasteiger partial charge on any atom is -0.356 e. The molecular formula is C22H35N5. The van der Waals surface area contributed by atoms with Crippen LogP contribution >= 0.6 is 0 Å². The Morgan fingerprint density at radius 3 is 2.48 bits per heavy atom. The second-order valence-electron chi connectivity index (χ2n) is 7.93. The highest BCUT2D eigenvalue weighted by atomic mass is 15.3. The zero-order valence-electron chi connectivity index (χ0n) is 17.2. The lowest BCUT2D eigenvalue weighted by Gasteiger charge is -2.34. The van der Waals surface area contributed by atoms with Gasteiger partial charge < -0.3 is 20.0 Å². The minimum atomic E-state index is 0.616. The summed E-state index contributed by atoms with van der Waals surface area (Å²) in [7, 11) is 4.10. The van der Waals surface area contributed by atoms with E-state index in [2.05, 4.69) is 75.4 Å². The van der Waals surface area contributed by atoms with Crippen molar-refractivity contribution in [2.45, 2.75) is 13.3 Å². The Kier molecular flexibility index (Phi) is 7.30. The summed E-state index contributed by atoms with van der Waals surface area (Å²) >= 11 is 0. The molecule has 1 aromatic carbocycles. The number of hydrogen-bond donors (Lipinski definition) is 1. The molecule has 1 aromatic rings. The SMILES string of the molecule is CN=C(NCC(C)CN1CCN(C)CC1)N1CC=C(c2ccccc2)CC1. The average molecular weight is 370 g/mol. The van der Waals surface area contributed by atoms with Gasteiger partial charge in [-0.1, -0.05) is 43.3 Å². The Morgan fingerprint density at radius 2 is 1.85 bits per heavy atom. The zero-order valence-corrected chi connectivity index (χ0v) is 17.2. The summed E-state index contributed by atoms with van der Waals surface area (Å²) in [6.45, 7) is 11.2.